The smallest absolute Gasteiger partial charge is 0.240 e. The summed E-state index contributed by atoms with van der Waals surface area (Å²) < 4.78 is 26.2. The molecule has 0 bridgehead atoms. The molecule has 1 saturated carbocycles. The second-order valence-electron chi connectivity index (χ2n) is 4.29. The maximum atomic E-state index is 11.8. The van der Waals surface area contributed by atoms with Gasteiger partial charge in [0.15, 0.2) is 0 Å². The van der Waals surface area contributed by atoms with E-state index < -0.39 is 10.0 Å². The van der Waals surface area contributed by atoms with Crippen LogP contribution in [0.2, 0.25) is 0 Å². The maximum Gasteiger partial charge on any atom is 0.240 e. The molecule has 2 rings (SSSR count). The van der Waals surface area contributed by atoms with Crippen LogP contribution in [0.5, 0.6) is 0 Å². The van der Waals surface area contributed by atoms with E-state index in [0.29, 0.717) is 17.5 Å². The summed E-state index contributed by atoms with van der Waals surface area (Å²) in [5.41, 5.74) is 0. The highest BCUT2D eigenvalue weighted by molar-refractivity contribution is 7.89. The van der Waals surface area contributed by atoms with Crippen LogP contribution in [0.15, 0.2) is 35.2 Å². The lowest BCUT2D eigenvalue weighted by Gasteiger charge is -2.06. The molecular formula is C12H18N2O2S. The van der Waals surface area contributed by atoms with Gasteiger partial charge in [-0.3, -0.25) is 0 Å². The van der Waals surface area contributed by atoms with Gasteiger partial charge in [0.25, 0.3) is 0 Å². The van der Waals surface area contributed by atoms with E-state index in [0.717, 1.165) is 13.0 Å². The van der Waals surface area contributed by atoms with Gasteiger partial charge >= 0.3 is 0 Å². The van der Waals surface area contributed by atoms with Crippen LogP contribution in [0.1, 0.15) is 19.3 Å². The van der Waals surface area contributed by atoms with E-state index in [1.165, 1.54) is 12.8 Å². The minimum absolute atomic E-state index is 0.329. The average molecular weight is 254 g/mol. The van der Waals surface area contributed by atoms with Gasteiger partial charge in [0.05, 0.1) is 4.90 Å². The molecule has 4 nitrogen and oxygen atoms in total. The molecule has 17 heavy (non-hydrogen) atoms. The first-order chi connectivity index (χ1) is 8.18. The van der Waals surface area contributed by atoms with Gasteiger partial charge in [-0.05, 0) is 37.9 Å². The van der Waals surface area contributed by atoms with Crippen molar-refractivity contribution in [1.29, 1.82) is 0 Å². The molecule has 0 heterocycles. The lowest BCUT2D eigenvalue weighted by atomic mass is 10.4. The molecule has 1 aliphatic rings. The third-order valence-corrected chi connectivity index (χ3v) is 4.19. The van der Waals surface area contributed by atoms with E-state index in [9.17, 15) is 8.42 Å². The summed E-state index contributed by atoms with van der Waals surface area (Å²) in [6, 6.07) is 9.14. The second kappa shape index (κ2) is 5.62. The molecule has 1 aromatic rings. The summed E-state index contributed by atoms with van der Waals surface area (Å²) in [6.45, 7) is 1.36. The lowest BCUT2D eigenvalue weighted by molar-refractivity contribution is 0.573. The van der Waals surface area contributed by atoms with Crippen molar-refractivity contribution in [2.45, 2.75) is 30.2 Å². The van der Waals surface area contributed by atoms with Crippen LogP contribution < -0.4 is 10.0 Å². The first-order valence-electron chi connectivity index (χ1n) is 5.96. The molecule has 0 saturated heterocycles. The van der Waals surface area contributed by atoms with E-state index in [1.807, 2.05) is 0 Å². The fourth-order valence-electron chi connectivity index (χ4n) is 1.57. The first-order valence-corrected chi connectivity index (χ1v) is 7.45. The van der Waals surface area contributed by atoms with E-state index in [4.69, 9.17) is 0 Å². The highest BCUT2D eigenvalue weighted by Gasteiger charge is 2.19. The van der Waals surface area contributed by atoms with Crippen LogP contribution in [-0.4, -0.2) is 27.5 Å². The maximum absolute atomic E-state index is 11.8. The average Bonchev–Trinajstić information content (AvgIpc) is 3.14. The van der Waals surface area contributed by atoms with Gasteiger partial charge in [-0.15, -0.1) is 0 Å². The Balaban J connectivity index is 1.73. The molecule has 0 aliphatic heterocycles. The molecule has 0 aromatic heterocycles. The zero-order valence-corrected chi connectivity index (χ0v) is 10.5. The van der Waals surface area contributed by atoms with Gasteiger partial charge in [-0.1, -0.05) is 18.2 Å². The Labute approximate surface area is 102 Å². The molecular weight excluding hydrogens is 236 g/mol. The fraction of sp³-hybridized carbons (Fsp3) is 0.500. The van der Waals surface area contributed by atoms with Crippen LogP contribution in [0.4, 0.5) is 0 Å². The number of benzene rings is 1. The molecule has 1 fully saturated rings. The number of nitrogens with one attached hydrogen (secondary N) is 2. The quantitative estimate of drug-likeness (QED) is 0.717. The molecule has 0 radical (unpaired) electrons. The van der Waals surface area contributed by atoms with Crippen LogP contribution in [0.25, 0.3) is 0 Å². The van der Waals surface area contributed by atoms with Crippen molar-refractivity contribution in [3.8, 4) is 0 Å². The Bertz CT molecular complexity index is 441. The molecule has 0 spiro atoms. The van der Waals surface area contributed by atoms with E-state index >= 15 is 0 Å². The van der Waals surface area contributed by atoms with E-state index in [2.05, 4.69) is 10.0 Å². The Morgan fingerprint density at radius 2 is 1.82 bits per heavy atom. The van der Waals surface area contributed by atoms with Crippen molar-refractivity contribution in [2.24, 2.45) is 0 Å². The van der Waals surface area contributed by atoms with Crippen molar-refractivity contribution in [3.05, 3.63) is 30.3 Å². The number of rotatable bonds is 7. The monoisotopic (exact) mass is 254 g/mol. The van der Waals surface area contributed by atoms with Crippen LogP contribution in [-0.2, 0) is 10.0 Å². The molecule has 0 amide bonds. The highest BCUT2D eigenvalue weighted by Crippen LogP contribution is 2.18. The largest absolute Gasteiger partial charge is 0.314 e. The SMILES string of the molecule is O=S(=O)(NCCCNC1CC1)c1ccccc1. The summed E-state index contributed by atoms with van der Waals surface area (Å²) in [5, 5.41) is 3.35. The number of hydrogen-bond donors (Lipinski definition) is 2. The summed E-state index contributed by atoms with van der Waals surface area (Å²) in [5.74, 6) is 0. The molecule has 0 unspecified atom stereocenters. The van der Waals surface area contributed by atoms with Gasteiger partial charge in [-0.2, -0.15) is 0 Å². The van der Waals surface area contributed by atoms with E-state index in [1.54, 1.807) is 30.3 Å². The second-order valence-corrected chi connectivity index (χ2v) is 6.06. The summed E-state index contributed by atoms with van der Waals surface area (Å²) >= 11 is 0. The molecule has 2 N–H and O–H groups in total. The van der Waals surface area contributed by atoms with Crippen molar-refractivity contribution in [3.63, 3.8) is 0 Å². The highest BCUT2D eigenvalue weighted by atomic mass is 32.2. The number of hydrogen-bond acceptors (Lipinski definition) is 3. The van der Waals surface area contributed by atoms with Gasteiger partial charge in [-0.25, -0.2) is 13.1 Å². The zero-order chi connectivity index (χ0) is 12.1. The Hall–Kier alpha value is -0.910. The summed E-state index contributed by atoms with van der Waals surface area (Å²) in [4.78, 5) is 0.329. The van der Waals surface area contributed by atoms with Crippen molar-refractivity contribution >= 4 is 10.0 Å². The van der Waals surface area contributed by atoms with Gasteiger partial charge < -0.3 is 5.32 Å². The van der Waals surface area contributed by atoms with Crippen LogP contribution in [0, 0.1) is 0 Å². The Morgan fingerprint density at radius 3 is 2.47 bits per heavy atom. The molecule has 94 valence electrons. The van der Waals surface area contributed by atoms with Gasteiger partial charge in [0.1, 0.15) is 0 Å². The lowest BCUT2D eigenvalue weighted by Crippen LogP contribution is -2.28. The third kappa shape index (κ3) is 4.11. The Morgan fingerprint density at radius 1 is 1.12 bits per heavy atom. The fourth-order valence-corrected chi connectivity index (χ4v) is 2.67. The summed E-state index contributed by atoms with van der Waals surface area (Å²) in [7, 11) is -3.32. The number of sulfonamides is 1. The summed E-state index contributed by atoms with van der Waals surface area (Å²) in [6.07, 6.45) is 3.34. The van der Waals surface area contributed by atoms with Gasteiger partial charge in [0.2, 0.25) is 10.0 Å². The predicted molar refractivity (Wildman–Crippen MR) is 67.3 cm³/mol. The van der Waals surface area contributed by atoms with Crippen molar-refractivity contribution < 1.29 is 8.42 Å². The first kappa shape index (κ1) is 12.5. The standard InChI is InChI=1S/C12H18N2O2S/c15-17(16,12-5-2-1-3-6-12)14-10-4-9-13-11-7-8-11/h1-3,5-6,11,13-14H,4,7-10H2. The Kier molecular flexibility index (Phi) is 4.15. The normalized spacial score (nSPS) is 16.0. The van der Waals surface area contributed by atoms with Crippen molar-refractivity contribution in [2.75, 3.05) is 13.1 Å². The molecule has 1 aliphatic carbocycles. The van der Waals surface area contributed by atoms with Gasteiger partial charge in [0, 0.05) is 12.6 Å². The van der Waals surface area contributed by atoms with E-state index in [-0.39, 0.29) is 0 Å². The van der Waals surface area contributed by atoms with Crippen molar-refractivity contribution in [1.82, 2.24) is 10.0 Å². The third-order valence-electron chi connectivity index (χ3n) is 2.71. The minimum atomic E-state index is -3.32. The predicted octanol–water partition coefficient (Wildman–Crippen LogP) is 1.11. The topological polar surface area (TPSA) is 58.2 Å². The van der Waals surface area contributed by atoms with Crippen LogP contribution >= 0.6 is 0 Å². The zero-order valence-electron chi connectivity index (χ0n) is 9.72. The van der Waals surface area contributed by atoms with Crippen LogP contribution in [0.3, 0.4) is 0 Å². The molecule has 0 atom stereocenters. The minimum Gasteiger partial charge on any atom is -0.314 e. The molecule has 1 aromatic carbocycles. The molecule has 5 heteroatoms.